The summed E-state index contributed by atoms with van der Waals surface area (Å²) in [4.78, 5) is 45.0. The van der Waals surface area contributed by atoms with Crippen LogP contribution in [0.15, 0.2) is 48.5 Å². The van der Waals surface area contributed by atoms with Gasteiger partial charge in [-0.3, -0.25) is 24.2 Å². The van der Waals surface area contributed by atoms with Crippen molar-refractivity contribution in [2.24, 2.45) is 0 Å². The van der Waals surface area contributed by atoms with Crippen molar-refractivity contribution >= 4 is 40.5 Å². The summed E-state index contributed by atoms with van der Waals surface area (Å²) >= 11 is 0. The minimum absolute atomic E-state index is 0.0345. The van der Waals surface area contributed by atoms with E-state index in [1.165, 1.54) is 0 Å². The number of nitrogens with one attached hydrogen (secondary N) is 2. The molecule has 3 aliphatic rings. The Morgan fingerprint density at radius 3 is 2.44 bits per heavy atom. The van der Waals surface area contributed by atoms with Crippen LogP contribution >= 0.6 is 0 Å². The Morgan fingerprint density at radius 1 is 1.03 bits per heavy atom. The molecule has 1 saturated heterocycles. The molecule has 0 bridgehead atoms. The van der Waals surface area contributed by atoms with Crippen LogP contribution in [0.4, 0.5) is 22.7 Å². The molecule has 0 aromatic heterocycles. The molecule has 1 aliphatic carbocycles. The molecule has 2 aromatic carbocycles. The third-order valence-electron chi connectivity index (χ3n) is 7.27. The Morgan fingerprint density at radius 2 is 1.72 bits per heavy atom. The quantitative estimate of drug-likeness (QED) is 0.645. The molecule has 9 heteroatoms. The maximum atomic E-state index is 13.6. The number of fused-ring (bicyclic) bond motifs is 1. The number of carbonyl (C=O) groups excluding carboxylic acids is 3. The lowest BCUT2D eigenvalue weighted by atomic mass is 9.89. The molecule has 9 nitrogen and oxygen atoms in total. The number of hydrogen-bond donors (Lipinski definition) is 2. The lowest BCUT2D eigenvalue weighted by molar-refractivity contribution is -0.128. The lowest BCUT2D eigenvalue weighted by Gasteiger charge is -2.44. The van der Waals surface area contributed by atoms with Gasteiger partial charge in [-0.1, -0.05) is 25.0 Å². The largest absolute Gasteiger partial charge is 0.378 e. The van der Waals surface area contributed by atoms with Crippen molar-refractivity contribution in [2.75, 3.05) is 66.9 Å². The number of likely N-dealkylation sites (N-methyl/N-ethyl adjacent to an activating group) is 1. The predicted molar refractivity (Wildman–Crippen MR) is 139 cm³/mol. The number of anilines is 4. The number of ether oxygens (including phenoxy) is 1. The van der Waals surface area contributed by atoms with Crippen molar-refractivity contribution in [1.29, 1.82) is 0 Å². The van der Waals surface area contributed by atoms with Gasteiger partial charge >= 0.3 is 0 Å². The molecule has 2 heterocycles. The predicted octanol–water partition coefficient (Wildman–Crippen LogP) is 2.69. The van der Waals surface area contributed by atoms with Crippen molar-refractivity contribution in [2.45, 2.75) is 31.2 Å². The molecule has 0 radical (unpaired) electrons. The van der Waals surface area contributed by atoms with Crippen LogP contribution in [0.1, 0.15) is 25.7 Å². The second-order valence-corrected chi connectivity index (χ2v) is 9.81. The fourth-order valence-corrected chi connectivity index (χ4v) is 5.51. The van der Waals surface area contributed by atoms with Crippen LogP contribution in [-0.4, -0.2) is 74.6 Å². The number of nitrogens with zero attached hydrogens (tertiary/aromatic N) is 3. The monoisotopic (exact) mass is 491 g/mol. The highest BCUT2D eigenvalue weighted by atomic mass is 16.5. The van der Waals surface area contributed by atoms with Crippen molar-refractivity contribution in [3.63, 3.8) is 0 Å². The number of carbonyl (C=O) groups is 3. The molecule has 1 saturated carbocycles. The van der Waals surface area contributed by atoms with Gasteiger partial charge in [0.15, 0.2) is 0 Å². The second kappa shape index (κ2) is 10.3. The lowest BCUT2D eigenvalue weighted by Crippen LogP contribution is -2.62. The van der Waals surface area contributed by atoms with E-state index in [-0.39, 0.29) is 30.8 Å². The van der Waals surface area contributed by atoms with Crippen molar-refractivity contribution in [1.82, 2.24) is 4.90 Å². The second-order valence-electron chi connectivity index (χ2n) is 9.81. The Labute approximate surface area is 211 Å². The van der Waals surface area contributed by atoms with Gasteiger partial charge in [-0.05, 0) is 56.3 Å². The van der Waals surface area contributed by atoms with Gasteiger partial charge in [0.25, 0.3) is 5.91 Å². The van der Waals surface area contributed by atoms with E-state index in [9.17, 15) is 14.4 Å². The summed E-state index contributed by atoms with van der Waals surface area (Å²) in [5.74, 6) is -0.492. The van der Waals surface area contributed by atoms with Gasteiger partial charge < -0.3 is 20.3 Å². The third kappa shape index (κ3) is 4.81. The molecule has 0 unspecified atom stereocenters. The van der Waals surface area contributed by atoms with E-state index >= 15 is 0 Å². The summed E-state index contributed by atoms with van der Waals surface area (Å²) < 4.78 is 5.40. The van der Waals surface area contributed by atoms with Crippen LogP contribution in [0.2, 0.25) is 0 Å². The van der Waals surface area contributed by atoms with Crippen LogP contribution in [0, 0.1) is 0 Å². The van der Waals surface area contributed by atoms with Gasteiger partial charge in [0.1, 0.15) is 5.54 Å². The number of hydrogen-bond acceptors (Lipinski definition) is 6. The van der Waals surface area contributed by atoms with Gasteiger partial charge in [-0.2, -0.15) is 0 Å². The number of benzene rings is 2. The van der Waals surface area contributed by atoms with Crippen molar-refractivity contribution < 1.29 is 19.1 Å². The van der Waals surface area contributed by atoms with Gasteiger partial charge in [-0.25, -0.2) is 0 Å². The Kier molecular flexibility index (Phi) is 6.93. The summed E-state index contributed by atoms with van der Waals surface area (Å²) in [5.41, 5.74) is 2.34. The minimum atomic E-state index is -0.850. The van der Waals surface area contributed by atoms with E-state index in [0.717, 1.165) is 50.5 Å². The first-order valence-electron chi connectivity index (χ1n) is 12.6. The smallest absolute Gasteiger partial charge is 0.250 e. The molecule has 0 atom stereocenters. The fourth-order valence-electron chi connectivity index (χ4n) is 5.51. The highest BCUT2D eigenvalue weighted by Crippen LogP contribution is 2.45. The van der Waals surface area contributed by atoms with Gasteiger partial charge in [0, 0.05) is 24.5 Å². The zero-order chi connectivity index (χ0) is 25.1. The molecule has 2 fully saturated rings. The zero-order valence-corrected chi connectivity index (χ0v) is 20.7. The SMILES string of the molecule is CN(CC(=O)Nc1ccc(N2CCOCC2)cc1)CC(=O)N1c2ccccc2NC(=O)C12CCCC2. The molecular formula is C27H33N5O4. The summed E-state index contributed by atoms with van der Waals surface area (Å²) in [6.07, 6.45) is 3.09. The summed E-state index contributed by atoms with van der Waals surface area (Å²) in [6.45, 7) is 3.25. The first-order valence-corrected chi connectivity index (χ1v) is 12.6. The van der Waals surface area contributed by atoms with Crippen LogP contribution in [0.25, 0.3) is 0 Å². The maximum Gasteiger partial charge on any atom is 0.250 e. The molecule has 5 rings (SSSR count). The van der Waals surface area contributed by atoms with Gasteiger partial charge in [0.05, 0.1) is 37.7 Å². The van der Waals surface area contributed by atoms with E-state index < -0.39 is 5.54 Å². The average molecular weight is 492 g/mol. The topological polar surface area (TPSA) is 94.2 Å². The standard InChI is InChI=1S/C27H33N5O4/c1-30(18-24(33)28-20-8-10-21(11-9-20)31-14-16-36-17-15-31)19-25(34)32-23-7-3-2-6-22(23)29-26(35)27(32)12-4-5-13-27/h2-3,6-11H,4-5,12-19H2,1H3,(H,28,33)(H,29,35). The zero-order valence-electron chi connectivity index (χ0n) is 20.7. The fraction of sp³-hybridized carbons (Fsp3) is 0.444. The number of para-hydroxylation sites is 2. The van der Waals surface area contributed by atoms with Crippen LogP contribution in [0.3, 0.4) is 0 Å². The normalized spacial score (nSPS) is 18.8. The molecule has 2 N–H and O–H groups in total. The first-order chi connectivity index (χ1) is 17.5. The van der Waals surface area contributed by atoms with Crippen LogP contribution < -0.4 is 20.4 Å². The van der Waals surface area contributed by atoms with Gasteiger partial charge in [-0.15, -0.1) is 0 Å². The average Bonchev–Trinajstić information content (AvgIpc) is 3.36. The minimum Gasteiger partial charge on any atom is -0.378 e. The van der Waals surface area contributed by atoms with E-state index in [0.29, 0.717) is 24.2 Å². The molecule has 1 spiro atoms. The Hall–Kier alpha value is -3.43. The summed E-state index contributed by atoms with van der Waals surface area (Å²) in [6, 6.07) is 15.2. The molecule has 3 amide bonds. The van der Waals surface area contributed by atoms with Crippen molar-refractivity contribution in [3.8, 4) is 0 Å². The first kappa shape index (κ1) is 24.3. The van der Waals surface area contributed by atoms with Crippen molar-refractivity contribution in [3.05, 3.63) is 48.5 Å². The van der Waals surface area contributed by atoms with Crippen LogP contribution in [0.5, 0.6) is 0 Å². The van der Waals surface area contributed by atoms with E-state index in [1.54, 1.807) is 16.8 Å². The van der Waals surface area contributed by atoms with E-state index in [4.69, 9.17) is 4.74 Å². The Bertz CT molecular complexity index is 1120. The molecule has 36 heavy (non-hydrogen) atoms. The number of rotatable bonds is 6. The highest BCUT2D eigenvalue weighted by Gasteiger charge is 2.52. The number of morpholine rings is 1. The van der Waals surface area contributed by atoms with E-state index in [2.05, 4.69) is 15.5 Å². The number of amides is 3. The summed E-state index contributed by atoms with van der Waals surface area (Å²) in [5, 5.41) is 5.91. The van der Waals surface area contributed by atoms with E-state index in [1.807, 2.05) is 48.5 Å². The maximum absolute atomic E-state index is 13.6. The van der Waals surface area contributed by atoms with Crippen LogP contribution in [-0.2, 0) is 19.1 Å². The molecule has 2 aromatic rings. The van der Waals surface area contributed by atoms with Gasteiger partial charge in [0.2, 0.25) is 11.8 Å². The Balaban J connectivity index is 1.21. The molecule has 2 aliphatic heterocycles. The molecular weight excluding hydrogens is 458 g/mol. The summed E-state index contributed by atoms with van der Waals surface area (Å²) in [7, 11) is 1.75. The third-order valence-corrected chi connectivity index (χ3v) is 7.27. The molecule has 190 valence electrons. The highest BCUT2D eigenvalue weighted by molar-refractivity contribution is 6.15.